The van der Waals surface area contributed by atoms with Crippen LogP contribution in [0.1, 0.15) is 18.1 Å². The Bertz CT molecular complexity index is 1140. The third-order valence-electron chi connectivity index (χ3n) is 4.79. The van der Waals surface area contributed by atoms with E-state index in [0.717, 1.165) is 10.5 Å². The van der Waals surface area contributed by atoms with E-state index < -0.39 is 11.7 Å². The second-order valence-electron chi connectivity index (χ2n) is 6.86. The van der Waals surface area contributed by atoms with Crippen LogP contribution in [0, 0.1) is 5.82 Å². The summed E-state index contributed by atoms with van der Waals surface area (Å²) in [5, 5.41) is 0. The van der Waals surface area contributed by atoms with Crippen molar-refractivity contribution in [2.45, 2.75) is 12.7 Å². The summed E-state index contributed by atoms with van der Waals surface area (Å²) in [7, 11) is 0. The van der Waals surface area contributed by atoms with E-state index >= 15 is 0 Å². The highest BCUT2D eigenvalue weighted by molar-refractivity contribution is 8.03. The van der Waals surface area contributed by atoms with Gasteiger partial charge in [0.1, 0.15) is 11.6 Å². The molecular weight excluding hydrogens is 413 g/mol. The average Bonchev–Trinajstić information content (AvgIpc) is 3.03. The molecule has 31 heavy (non-hydrogen) atoms. The number of amides is 2. The molecule has 0 atom stereocenters. The lowest BCUT2D eigenvalue weighted by atomic mass is 10.1. The molecule has 3 aromatic rings. The van der Waals surface area contributed by atoms with E-state index in [4.69, 9.17) is 4.74 Å². The Morgan fingerprint density at radius 3 is 2.35 bits per heavy atom. The lowest BCUT2D eigenvalue weighted by molar-refractivity contribution is -0.119. The van der Waals surface area contributed by atoms with Crippen molar-refractivity contribution >= 4 is 34.8 Å². The Morgan fingerprint density at radius 2 is 1.65 bits per heavy atom. The third-order valence-corrected chi connectivity index (χ3v) is 5.93. The van der Waals surface area contributed by atoms with Crippen molar-refractivity contribution in [1.82, 2.24) is 0 Å². The number of hydrogen-bond donors (Lipinski definition) is 0. The van der Waals surface area contributed by atoms with E-state index in [1.165, 1.54) is 36.0 Å². The first-order chi connectivity index (χ1) is 15.1. The van der Waals surface area contributed by atoms with E-state index in [-0.39, 0.29) is 11.5 Å². The molecule has 6 heteroatoms. The number of carbonyl (C=O) groups excluding carboxylic acids is 2. The third kappa shape index (κ3) is 4.39. The maximum absolute atomic E-state index is 13.5. The molecule has 4 nitrogen and oxygen atoms in total. The van der Waals surface area contributed by atoms with Crippen LogP contribution in [0.15, 0.2) is 83.8 Å². The van der Waals surface area contributed by atoms with Crippen LogP contribution in [0.3, 0.4) is 0 Å². The minimum absolute atomic E-state index is 0.285. The standard InChI is InChI=1S/C25H20FNO3S/c1-2-30-21-10-6-9-20(15-21)27-24(28)22(18-11-13-19(26)14-12-18)23(25(27)29)31-16-17-7-4-3-5-8-17/h3-15H,2,16H2,1H3. The molecule has 0 saturated carbocycles. The van der Waals surface area contributed by atoms with Crippen molar-refractivity contribution in [3.63, 3.8) is 0 Å². The molecule has 1 aliphatic heterocycles. The second-order valence-corrected chi connectivity index (χ2v) is 7.85. The van der Waals surface area contributed by atoms with Gasteiger partial charge in [-0.2, -0.15) is 0 Å². The predicted octanol–water partition coefficient (Wildman–Crippen LogP) is 5.44. The molecule has 0 saturated heterocycles. The zero-order valence-electron chi connectivity index (χ0n) is 16.9. The molecule has 3 aromatic carbocycles. The van der Waals surface area contributed by atoms with E-state index in [0.29, 0.717) is 34.3 Å². The van der Waals surface area contributed by atoms with Crippen molar-refractivity contribution in [3.8, 4) is 5.75 Å². The number of benzene rings is 3. The molecule has 0 N–H and O–H groups in total. The fraction of sp³-hybridized carbons (Fsp3) is 0.120. The molecule has 0 aliphatic carbocycles. The highest BCUT2D eigenvalue weighted by Crippen LogP contribution is 2.40. The van der Waals surface area contributed by atoms with Crippen LogP contribution in [0.2, 0.25) is 0 Å². The zero-order chi connectivity index (χ0) is 21.8. The molecule has 0 aromatic heterocycles. The zero-order valence-corrected chi connectivity index (χ0v) is 17.7. The molecular formula is C25H20FNO3S. The van der Waals surface area contributed by atoms with Gasteiger partial charge in [0, 0.05) is 11.8 Å². The van der Waals surface area contributed by atoms with Gasteiger partial charge >= 0.3 is 0 Å². The molecule has 4 rings (SSSR count). The highest BCUT2D eigenvalue weighted by Gasteiger charge is 2.40. The fourth-order valence-corrected chi connectivity index (χ4v) is 4.43. The summed E-state index contributed by atoms with van der Waals surface area (Å²) in [6, 6.07) is 22.2. The quantitative estimate of drug-likeness (QED) is 0.466. The Labute approximate surface area is 184 Å². The van der Waals surface area contributed by atoms with E-state index in [1.54, 1.807) is 24.3 Å². The first-order valence-electron chi connectivity index (χ1n) is 9.87. The Morgan fingerprint density at radius 1 is 0.903 bits per heavy atom. The number of hydrogen-bond acceptors (Lipinski definition) is 4. The Balaban J connectivity index is 1.72. The van der Waals surface area contributed by atoms with Crippen LogP contribution in [0.5, 0.6) is 5.75 Å². The Hall–Kier alpha value is -3.38. The van der Waals surface area contributed by atoms with Gasteiger partial charge in [0.25, 0.3) is 11.8 Å². The van der Waals surface area contributed by atoms with Gasteiger partial charge in [-0.25, -0.2) is 9.29 Å². The van der Waals surface area contributed by atoms with Crippen molar-refractivity contribution in [1.29, 1.82) is 0 Å². The van der Waals surface area contributed by atoms with Gasteiger partial charge in [0.2, 0.25) is 0 Å². The van der Waals surface area contributed by atoms with Crippen molar-refractivity contribution in [2.75, 3.05) is 11.5 Å². The van der Waals surface area contributed by atoms with Crippen molar-refractivity contribution in [2.24, 2.45) is 0 Å². The Kier molecular flexibility index (Phi) is 6.18. The number of rotatable bonds is 7. The van der Waals surface area contributed by atoms with Crippen molar-refractivity contribution in [3.05, 3.63) is 101 Å². The summed E-state index contributed by atoms with van der Waals surface area (Å²) in [4.78, 5) is 28.3. The van der Waals surface area contributed by atoms with Gasteiger partial charge in [0.05, 0.1) is 22.8 Å². The van der Waals surface area contributed by atoms with Crippen LogP contribution < -0.4 is 9.64 Å². The monoisotopic (exact) mass is 433 g/mol. The summed E-state index contributed by atoms with van der Waals surface area (Å²) in [5.74, 6) is -0.109. The number of carbonyl (C=O) groups is 2. The summed E-state index contributed by atoms with van der Waals surface area (Å²) >= 11 is 1.31. The number of ether oxygens (including phenoxy) is 1. The SMILES string of the molecule is CCOc1cccc(N2C(=O)C(SCc3ccccc3)=C(c3ccc(F)cc3)C2=O)c1. The number of anilines is 1. The first kappa shape index (κ1) is 20.9. The maximum Gasteiger partial charge on any atom is 0.272 e. The van der Waals surface area contributed by atoms with Crippen LogP contribution in [0.25, 0.3) is 5.57 Å². The van der Waals surface area contributed by atoms with Crippen LogP contribution in [0.4, 0.5) is 10.1 Å². The van der Waals surface area contributed by atoms with Crippen molar-refractivity contribution < 1.29 is 18.7 Å². The topological polar surface area (TPSA) is 46.6 Å². The molecule has 2 amide bonds. The van der Waals surface area contributed by atoms with E-state index in [2.05, 4.69) is 0 Å². The molecule has 0 spiro atoms. The number of thioether (sulfide) groups is 1. The van der Waals surface area contributed by atoms with Gasteiger partial charge in [0.15, 0.2) is 0 Å². The van der Waals surface area contributed by atoms with Crippen LogP contribution >= 0.6 is 11.8 Å². The second kappa shape index (κ2) is 9.18. The van der Waals surface area contributed by atoms with E-state index in [1.807, 2.05) is 37.3 Å². The summed E-state index contributed by atoms with van der Waals surface area (Å²) in [6.07, 6.45) is 0. The molecule has 0 unspecified atom stereocenters. The fourth-order valence-electron chi connectivity index (χ4n) is 3.36. The number of halogens is 1. The summed E-state index contributed by atoms with van der Waals surface area (Å²) in [5.41, 5.74) is 2.28. The molecule has 1 aliphatic rings. The minimum Gasteiger partial charge on any atom is -0.494 e. The predicted molar refractivity (Wildman–Crippen MR) is 121 cm³/mol. The molecule has 1 heterocycles. The smallest absolute Gasteiger partial charge is 0.272 e. The van der Waals surface area contributed by atoms with Gasteiger partial charge in [-0.05, 0) is 42.3 Å². The van der Waals surface area contributed by atoms with Gasteiger partial charge in [-0.3, -0.25) is 9.59 Å². The lowest BCUT2D eigenvalue weighted by Gasteiger charge is -2.16. The van der Waals surface area contributed by atoms with Crippen LogP contribution in [-0.4, -0.2) is 18.4 Å². The van der Waals surface area contributed by atoms with Crippen LogP contribution in [-0.2, 0) is 15.3 Å². The van der Waals surface area contributed by atoms with Gasteiger partial charge < -0.3 is 4.74 Å². The number of nitrogens with zero attached hydrogens (tertiary/aromatic N) is 1. The minimum atomic E-state index is -0.430. The van der Waals surface area contributed by atoms with E-state index in [9.17, 15) is 14.0 Å². The largest absolute Gasteiger partial charge is 0.494 e. The highest BCUT2D eigenvalue weighted by atomic mass is 32.2. The first-order valence-corrected chi connectivity index (χ1v) is 10.9. The average molecular weight is 434 g/mol. The van der Waals surface area contributed by atoms with Gasteiger partial charge in [-0.1, -0.05) is 48.5 Å². The summed E-state index contributed by atoms with van der Waals surface area (Å²) in [6.45, 7) is 2.34. The number of imide groups is 1. The molecule has 0 bridgehead atoms. The summed E-state index contributed by atoms with van der Waals surface area (Å²) < 4.78 is 19.0. The molecule has 156 valence electrons. The molecule has 0 radical (unpaired) electrons. The van der Waals surface area contributed by atoms with Gasteiger partial charge in [-0.15, -0.1) is 11.8 Å². The normalized spacial score (nSPS) is 13.8. The lowest BCUT2D eigenvalue weighted by Crippen LogP contribution is -2.31. The maximum atomic E-state index is 13.5. The molecule has 0 fully saturated rings.